The van der Waals surface area contributed by atoms with E-state index < -0.39 is 0 Å². The van der Waals surface area contributed by atoms with Crippen molar-refractivity contribution in [2.24, 2.45) is 7.05 Å². The molecule has 2 aromatic rings. The Balaban J connectivity index is 1.63. The number of carbonyl (C=O) groups is 1. The molecule has 0 aliphatic heterocycles. The Morgan fingerprint density at radius 2 is 2.50 bits per heavy atom. The van der Waals surface area contributed by atoms with Gasteiger partial charge in [0, 0.05) is 25.3 Å². The minimum absolute atomic E-state index is 0.0615. The molecule has 1 N–H and O–H groups in total. The zero-order valence-electron chi connectivity index (χ0n) is 9.87. The van der Waals surface area contributed by atoms with Gasteiger partial charge < -0.3 is 4.42 Å². The maximum Gasteiger partial charge on any atom is 0.227 e. The largest absolute Gasteiger partial charge is 0.449 e. The molecule has 18 heavy (non-hydrogen) atoms. The first kappa shape index (κ1) is 12.6. The molecular weight excluding hydrogens is 254 g/mol. The van der Waals surface area contributed by atoms with Gasteiger partial charge in [-0.2, -0.15) is 11.8 Å². The summed E-state index contributed by atoms with van der Waals surface area (Å²) >= 11 is 1.61. The molecule has 1 amide bonds. The molecule has 8 heteroatoms. The van der Waals surface area contributed by atoms with Gasteiger partial charge in [-0.1, -0.05) is 0 Å². The van der Waals surface area contributed by atoms with Gasteiger partial charge in [0.15, 0.2) is 11.7 Å². The lowest BCUT2D eigenvalue weighted by atomic mass is 10.4. The van der Waals surface area contributed by atoms with Crippen LogP contribution in [-0.2, 0) is 17.6 Å². The number of hydrogen-bond acceptors (Lipinski definition) is 6. The molecule has 0 aliphatic carbocycles. The normalized spacial score (nSPS) is 10.5. The summed E-state index contributed by atoms with van der Waals surface area (Å²) in [6.07, 6.45) is 1.95. The second-order valence-corrected chi connectivity index (χ2v) is 4.65. The average molecular weight is 267 g/mol. The van der Waals surface area contributed by atoms with E-state index in [1.54, 1.807) is 35.6 Å². The Morgan fingerprint density at radius 1 is 1.61 bits per heavy atom. The van der Waals surface area contributed by atoms with Crippen molar-refractivity contribution in [3.63, 3.8) is 0 Å². The number of thioether (sulfide) groups is 1. The van der Waals surface area contributed by atoms with Crippen molar-refractivity contribution in [3.8, 4) is 0 Å². The Morgan fingerprint density at radius 3 is 3.17 bits per heavy atom. The van der Waals surface area contributed by atoms with Crippen molar-refractivity contribution in [1.29, 1.82) is 0 Å². The summed E-state index contributed by atoms with van der Waals surface area (Å²) in [6.45, 7) is 0. The number of aromatic nitrogens is 4. The van der Waals surface area contributed by atoms with Gasteiger partial charge in [-0.05, 0) is 16.5 Å². The average Bonchev–Trinajstić information content (AvgIpc) is 2.97. The number of rotatable bonds is 6. The molecular formula is C10H13N5O2S. The van der Waals surface area contributed by atoms with Gasteiger partial charge in [0.25, 0.3) is 0 Å². The van der Waals surface area contributed by atoms with E-state index in [0.717, 1.165) is 5.82 Å². The number of furan rings is 1. The molecule has 0 aromatic carbocycles. The molecule has 0 saturated carbocycles. The monoisotopic (exact) mass is 267 g/mol. The molecule has 0 atom stereocenters. The van der Waals surface area contributed by atoms with Crippen LogP contribution in [0.3, 0.4) is 0 Å². The van der Waals surface area contributed by atoms with Crippen molar-refractivity contribution in [3.05, 3.63) is 24.2 Å². The predicted molar refractivity (Wildman–Crippen MR) is 66.9 cm³/mol. The van der Waals surface area contributed by atoms with E-state index in [9.17, 15) is 4.79 Å². The van der Waals surface area contributed by atoms with Gasteiger partial charge >= 0.3 is 0 Å². The molecule has 2 rings (SSSR count). The van der Waals surface area contributed by atoms with Crippen LogP contribution >= 0.6 is 11.8 Å². The third kappa shape index (κ3) is 3.59. The molecule has 0 saturated heterocycles. The van der Waals surface area contributed by atoms with Crippen LogP contribution in [0.15, 0.2) is 22.8 Å². The second-order valence-electron chi connectivity index (χ2n) is 3.55. The van der Waals surface area contributed by atoms with Gasteiger partial charge in [-0.15, -0.1) is 5.10 Å². The first-order chi connectivity index (χ1) is 8.75. The summed E-state index contributed by atoms with van der Waals surface area (Å²) in [7, 11) is 1.79. The number of hydrogen-bond donors (Lipinski definition) is 1. The quantitative estimate of drug-likeness (QED) is 0.788. The number of aryl methyl sites for hydroxylation is 1. The number of nitrogens with one attached hydrogen (secondary N) is 1. The maximum atomic E-state index is 11.5. The Kier molecular flexibility index (Phi) is 4.35. The van der Waals surface area contributed by atoms with E-state index >= 15 is 0 Å². The Labute approximate surface area is 108 Å². The number of carbonyl (C=O) groups excluding carboxylic acids is 1. The molecule has 7 nitrogen and oxygen atoms in total. The molecule has 2 aromatic heterocycles. The third-order valence-electron chi connectivity index (χ3n) is 2.20. The van der Waals surface area contributed by atoms with Crippen molar-refractivity contribution in [1.82, 2.24) is 20.2 Å². The maximum absolute atomic E-state index is 11.5. The number of nitrogens with zero attached hydrogens (tertiary/aromatic N) is 4. The molecule has 2 heterocycles. The highest BCUT2D eigenvalue weighted by atomic mass is 32.2. The van der Waals surface area contributed by atoms with Crippen LogP contribution in [0.5, 0.6) is 0 Å². The summed E-state index contributed by atoms with van der Waals surface area (Å²) in [4.78, 5) is 11.5. The standard InChI is InChI=1S/C10H13N5O2S/c1-15-8(12-13-14-15)7-18-6-4-9(16)11-10-3-2-5-17-10/h2-3,5H,4,6-7H2,1H3,(H,11,16). The van der Waals surface area contributed by atoms with Gasteiger partial charge in [0.05, 0.1) is 12.0 Å². The third-order valence-corrected chi connectivity index (χ3v) is 3.15. The van der Waals surface area contributed by atoms with Crippen LogP contribution in [0.4, 0.5) is 5.88 Å². The number of amides is 1. The summed E-state index contributed by atoms with van der Waals surface area (Å²) in [5.74, 6) is 2.61. The molecule has 0 bridgehead atoms. The molecule has 0 aliphatic rings. The lowest BCUT2D eigenvalue weighted by Crippen LogP contribution is -2.11. The summed E-state index contributed by atoms with van der Waals surface area (Å²) < 4.78 is 6.64. The zero-order chi connectivity index (χ0) is 12.8. The van der Waals surface area contributed by atoms with Crippen molar-refractivity contribution in [2.45, 2.75) is 12.2 Å². The Hall–Kier alpha value is -1.83. The van der Waals surface area contributed by atoms with Crippen LogP contribution < -0.4 is 5.32 Å². The van der Waals surface area contributed by atoms with Crippen LogP contribution in [0, 0.1) is 0 Å². The summed E-state index contributed by atoms with van der Waals surface area (Å²) in [5, 5.41) is 13.8. The molecule has 96 valence electrons. The van der Waals surface area contributed by atoms with E-state index in [-0.39, 0.29) is 5.91 Å². The smallest absolute Gasteiger partial charge is 0.227 e. The van der Waals surface area contributed by atoms with Crippen LogP contribution in [-0.4, -0.2) is 31.9 Å². The highest BCUT2D eigenvalue weighted by Crippen LogP contribution is 2.11. The zero-order valence-corrected chi connectivity index (χ0v) is 10.7. The van der Waals surface area contributed by atoms with E-state index in [1.165, 1.54) is 6.26 Å². The second kappa shape index (κ2) is 6.20. The molecule has 0 radical (unpaired) electrons. The van der Waals surface area contributed by atoms with Gasteiger partial charge in [0.1, 0.15) is 0 Å². The summed E-state index contributed by atoms with van der Waals surface area (Å²) in [5.41, 5.74) is 0. The topological polar surface area (TPSA) is 85.8 Å². The minimum atomic E-state index is -0.0615. The fourth-order valence-electron chi connectivity index (χ4n) is 1.25. The minimum Gasteiger partial charge on any atom is -0.449 e. The van der Waals surface area contributed by atoms with Crippen LogP contribution in [0.2, 0.25) is 0 Å². The highest BCUT2D eigenvalue weighted by molar-refractivity contribution is 7.98. The number of anilines is 1. The van der Waals surface area contributed by atoms with Gasteiger partial charge in [-0.25, -0.2) is 4.68 Å². The fourth-order valence-corrected chi connectivity index (χ4v) is 2.15. The first-order valence-electron chi connectivity index (χ1n) is 5.38. The van der Waals surface area contributed by atoms with Gasteiger partial charge in [-0.3, -0.25) is 10.1 Å². The first-order valence-corrected chi connectivity index (χ1v) is 6.53. The lowest BCUT2D eigenvalue weighted by molar-refractivity contribution is -0.115. The molecule has 0 spiro atoms. The van der Waals surface area contributed by atoms with Crippen LogP contribution in [0.25, 0.3) is 0 Å². The summed E-state index contributed by atoms with van der Waals surface area (Å²) in [6, 6.07) is 3.43. The Bertz CT molecular complexity index is 496. The lowest BCUT2D eigenvalue weighted by Gasteiger charge is -2.01. The van der Waals surface area contributed by atoms with E-state index in [2.05, 4.69) is 20.8 Å². The van der Waals surface area contributed by atoms with Crippen molar-refractivity contribution >= 4 is 23.6 Å². The molecule has 0 unspecified atom stereocenters. The van der Waals surface area contributed by atoms with Crippen molar-refractivity contribution in [2.75, 3.05) is 11.1 Å². The number of tetrazole rings is 1. The van der Waals surface area contributed by atoms with E-state index in [1.807, 2.05) is 0 Å². The molecule has 0 fully saturated rings. The predicted octanol–water partition coefficient (Wildman–Crippen LogP) is 1.07. The van der Waals surface area contributed by atoms with E-state index in [4.69, 9.17) is 4.42 Å². The fraction of sp³-hybridized carbons (Fsp3) is 0.400. The van der Waals surface area contributed by atoms with E-state index in [0.29, 0.717) is 23.8 Å². The van der Waals surface area contributed by atoms with Gasteiger partial charge in [0.2, 0.25) is 5.91 Å². The van der Waals surface area contributed by atoms with Crippen molar-refractivity contribution < 1.29 is 9.21 Å². The SMILES string of the molecule is Cn1nnnc1CSCCC(=O)Nc1ccco1. The highest BCUT2D eigenvalue weighted by Gasteiger charge is 2.05. The van der Waals surface area contributed by atoms with Crippen LogP contribution in [0.1, 0.15) is 12.2 Å².